The van der Waals surface area contributed by atoms with E-state index in [2.05, 4.69) is 10.3 Å². The van der Waals surface area contributed by atoms with E-state index in [1.165, 1.54) is 30.5 Å². The van der Waals surface area contributed by atoms with Crippen molar-refractivity contribution in [2.45, 2.75) is 6.61 Å². The van der Waals surface area contributed by atoms with E-state index in [9.17, 15) is 18.0 Å². The number of ether oxygens (including phenoxy) is 1. The smallest absolute Gasteiger partial charge is 0.257 e. The minimum absolute atomic E-state index is 0.122. The predicted octanol–water partition coefficient (Wildman–Crippen LogP) is 4.33. The average Bonchev–Trinajstić information content (AvgIpc) is 2.63. The topological polar surface area (TPSA) is 51.2 Å². The third-order valence-electron chi connectivity index (χ3n) is 3.45. The molecule has 26 heavy (non-hydrogen) atoms. The molecule has 2 aromatic carbocycles. The Bertz CT molecular complexity index is 930. The molecule has 0 aliphatic heterocycles. The fraction of sp³-hybridized carbons (Fsp3) is 0.0526. The molecule has 7 heteroatoms. The molecular weight excluding hydrogens is 345 g/mol. The highest BCUT2D eigenvalue weighted by molar-refractivity contribution is 6.04. The van der Waals surface area contributed by atoms with Crippen LogP contribution in [0.25, 0.3) is 0 Å². The van der Waals surface area contributed by atoms with Crippen LogP contribution in [0.3, 0.4) is 0 Å². The Morgan fingerprint density at radius 3 is 2.50 bits per heavy atom. The summed E-state index contributed by atoms with van der Waals surface area (Å²) < 4.78 is 45.0. The van der Waals surface area contributed by atoms with Gasteiger partial charge in [-0.15, -0.1) is 0 Å². The van der Waals surface area contributed by atoms with Crippen LogP contribution >= 0.6 is 0 Å². The Labute approximate surface area is 147 Å². The number of anilines is 1. The van der Waals surface area contributed by atoms with Crippen molar-refractivity contribution < 1.29 is 22.7 Å². The molecule has 0 saturated carbocycles. The van der Waals surface area contributed by atoms with Gasteiger partial charge in [-0.2, -0.15) is 0 Å². The fourth-order valence-electron chi connectivity index (χ4n) is 2.17. The van der Waals surface area contributed by atoms with Crippen molar-refractivity contribution in [1.82, 2.24) is 4.98 Å². The molecule has 0 saturated heterocycles. The molecule has 0 aliphatic carbocycles. The van der Waals surface area contributed by atoms with Crippen LogP contribution < -0.4 is 10.1 Å². The van der Waals surface area contributed by atoms with Crippen LogP contribution in [0.15, 0.2) is 60.8 Å². The SMILES string of the molecule is O=C(Nc1ccc(F)cc1F)c1ccc(OCc2cccc(F)c2)nc1. The maximum atomic E-state index is 13.6. The summed E-state index contributed by atoms with van der Waals surface area (Å²) in [7, 11) is 0. The number of nitrogens with one attached hydrogen (secondary N) is 1. The first-order valence-electron chi connectivity index (χ1n) is 7.61. The average molecular weight is 358 g/mol. The maximum Gasteiger partial charge on any atom is 0.257 e. The van der Waals surface area contributed by atoms with Gasteiger partial charge in [0.2, 0.25) is 5.88 Å². The van der Waals surface area contributed by atoms with Gasteiger partial charge in [-0.05, 0) is 35.9 Å². The zero-order chi connectivity index (χ0) is 18.5. The summed E-state index contributed by atoms with van der Waals surface area (Å²) in [6, 6.07) is 11.7. The Kier molecular flexibility index (Phi) is 5.17. The lowest BCUT2D eigenvalue weighted by atomic mass is 10.2. The summed E-state index contributed by atoms with van der Waals surface area (Å²) in [5.41, 5.74) is 0.676. The standard InChI is InChI=1S/C19H13F3N2O2/c20-14-3-1-2-12(8-14)11-26-18-7-4-13(10-23-18)19(25)24-17-6-5-15(21)9-16(17)22/h1-10H,11H2,(H,24,25). The lowest BCUT2D eigenvalue weighted by Gasteiger charge is -2.08. The van der Waals surface area contributed by atoms with E-state index in [0.29, 0.717) is 11.6 Å². The summed E-state index contributed by atoms with van der Waals surface area (Å²) in [5, 5.41) is 2.33. The number of amides is 1. The monoisotopic (exact) mass is 358 g/mol. The molecule has 3 aromatic rings. The molecule has 1 heterocycles. The van der Waals surface area contributed by atoms with Gasteiger partial charge in [0.15, 0.2) is 0 Å². The number of carbonyl (C=O) groups excluding carboxylic acids is 1. The number of hydrogen-bond acceptors (Lipinski definition) is 3. The Morgan fingerprint density at radius 2 is 1.81 bits per heavy atom. The quantitative estimate of drug-likeness (QED) is 0.739. The van der Waals surface area contributed by atoms with Crippen molar-refractivity contribution in [3.05, 3.63) is 89.4 Å². The van der Waals surface area contributed by atoms with Crippen LogP contribution in [0.4, 0.5) is 18.9 Å². The second kappa shape index (κ2) is 7.69. The zero-order valence-electron chi connectivity index (χ0n) is 13.4. The minimum atomic E-state index is -0.874. The molecule has 0 radical (unpaired) electrons. The second-order valence-electron chi connectivity index (χ2n) is 5.38. The first kappa shape index (κ1) is 17.5. The van der Waals surface area contributed by atoms with Gasteiger partial charge in [0, 0.05) is 18.3 Å². The summed E-state index contributed by atoms with van der Waals surface area (Å²) in [6.45, 7) is 0.122. The summed E-state index contributed by atoms with van der Waals surface area (Å²) >= 11 is 0. The highest BCUT2D eigenvalue weighted by Crippen LogP contribution is 2.17. The van der Waals surface area contributed by atoms with E-state index in [1.807, 2.05) is 0 Å². The molecule has 0 spiro atoms. The maximum absolute atomic E-state index is 13.6. The van der Waals surface area contributed by atoms with Crippen LogP contribution in [0.1, 0.15) is 15.9 Å². The predicted molar refractivity (Wildman–Crippen MR) is 89.3 cm³/mol. The van der Waals surface area contributed by atoms with Gasteiger partial charge in [-0.3, -0.25) is 4.79 Å². The molecule has 0 unspecified atom stereocenters. The number of pyridine rings is 1. The van der Waals surface area contributed by atoms with Crippen molar-refractivity contribution in [2.24, 2.45) is 0 Å². The first-order valence-corrected chi connectivity index (χ1v) is 7.61. The third kappa shape index (κ3) is 4.38. The number of rotatable bonds is 5. The lowest BCUT2D eigenvalue weighted by Crippen LogP contribution is -2.13. The van der Waals surface area contributed by atoms with E-state index in [-0.39, 0.29) is 29.6 Å². The summed E-state index contributed by atoms with van der Waals surface area (Å²) in [6.07, 6.45) is 1.26. The second-order valence-corrected chi connectivity index (χ2v) is 5.38. The van der Waals surface area contributed by atoms with Crippen molar-refractivity contribution in [2.75, 3.05) is 5.32 Å². The van der Waals surface area contributed by atoms with E-state index in [0.717, 1.165) is 12.1 Å². The van der Waals surface area contributed by atoms with Crippen LogP contribution in [0.2, 0.25) is 0 Å². The van der Waals surface area contributed by atoms with Crippen LogP contribution in [0, 0.1) is 17.5 Å². The molecule has 132 valence electrons. The molecule has 0 bridgehead atoms. The number of carbonyl (C=O) groups is 1. The molecule has 3 rings (SSSR count). The van der Waals surface area contributed by atoms with Crippen molar-refractivity contribution in [3.8, 4) is 5.88 Å². The number of benzene rings is 2. The van der Waals surface area contributed by atoms with E-state index in [4.69, 9.17) is 4.74 Å². The third-order valence-corrected chi connectivity index (χ3v) is 3.45. The van der Waals surface area contributed by atoms with Gasteiger partial charge in [-0.25, -0.2) is 18.2 Å². The van der Waals surface area contributed by atoms with Crippen molar-refractivity contribution >= 4 is 11.6 Å². The zero-order valence-corrected chi connectivity index (χ0v) is 13.4. The molecule has 1 aromatic heterocycles. The van der Waals surface area contributed by atoms with E-state index < -0.39 is 17.5 Å². The highest BCUT2D eigenvalue weighted by atomic mass is 19.1. The van der Waals surface area contributed by atoms with Gasteiger partial charge in [0.05, 0.1) is 11.3 Å². The molecule has 0 fully saturated rings. The van der Waals surface area contributed by atoms with Crippen molar-refractivity contribution in [3.63, 3.8) is 0 Å². The van der Waals surface area contributed by atoms with Gasteiger partial charge >= 0.3 is 0 Å². The Hall–Kier alpha value is -3.35. The number of halogens is 3. The first-order chi connectivity index (χ1) is 12.5. The van der Waals surface area contributed by atoms with Crippen LogP contribution in [0.5, 0.6) is 5.88 Å². The number of hydrogen-bond donors (Lipinski definition) is 1. The van der Waals surface area contributed by atoms with Gasteiger partial charge < -0.3 is 10.1 Å². The van der Waals surface area contributed by atoms with E-state index >= 15 is 0 Å². The minimum Gasteiger partial charge on any atom is -0.473 e. The van der Waals surface area contributed by atoms with Crippen LogP contribution in [-0.4, -0.2) is 10.9 Å². The fourth-order valence-corrected chi connectivity index (χ4v) is 2.17. The van der Waals surface area contributed by atoms with Crippen molar-refractivity contribution in [1.29, 1.82) is 0 Å². The molecule has 1 N–H and O–H groups in total. The number of nitrogens with zero attached hydrogens (tertiary/aromatic N) is 1. The summed E-state index contributed by atoms with van der Waals surface area (Å²) in [5.74, 6) is -2.32. The Morgan fingerprint density at radius 1 is 1.00 bits per heavy atom. The van der Waals surface area contributed by atoms with E-state index in [1.54, 1.807) is 12.1 Å². The largest absolute Gasteiger partial charge is 0.473 e. The molecular formula is C19H13F3N2O2. The summed E-state index contributed by atoms with van der Waals surface area (Å²) in [4.78, 5) is 16.1. The normalized spacial score (nSPS) is 10.4. The highest BCUT2D eigenvalue weighted by Gasteiger charge is 2.11. The van der Waals surface area contributed by atoms with Crippen LogP contribution in [-0.2, 0) is 6.61 Å². The molecule has 4 nitrogen and oxygen atoms in total. The van der Waals surface area contributed by atoms with Gasteiger partial charge in [0.1, 0.15) is 24.1 Å². The Balaban J connectivity index is 1.62. The van der Waals surface area contributed by atoms with Gasteiger partial charge in [-0.1, -0.05) is 12.1 Å². The molecule has 0 atom stereocenters. The molecule has 1 amide bonds. The molecule has 0 aliphatic rings. The van der Waals surface area contributed by atoms with Gasteiger partial charge in [0.25, 0.3) is 5.91 Å². The number of aromatic nitrogens is 1. The lowest BCUT2D eigenvalue weighted by molar-refractivity contribution is 0.102.